The number of aromatic nitrogens is 1. The normalized spacial score (nSPS) is 34.4. The van der Waals surface area contributed by atoms with Crippen LogP contribution in [-0.2, 0) is 25.0 Å². The summed E-state index contributed by atoms with van der Waals surface area (Å²) in [6.07, 6.45) is -0.553. The average molecular weight is 827 g/mol. The maximum Gasteiger partial charge on any atom is 1.00 e. The van der Waals surface area contributed by atoms with E-state index in [1.165, 1.54) is 0 Å². The van der Waals surface area contributed by atoms with Crippen LogP contribution in [0, 0.1) is 77.4 Å². The Bertz CT molecular complexity index is 1740. The number of hydrogen-bond donors (Lipinski definition) is 4. The molecule has 9 atom stereocenters. The largest absolute Gasteiger partial charge is 1.00 e. The molecule has 1 saturated heterocycles. The monoisotopic (exact) mass is 826 g/mol. The summed E-state index contributed by atoms with van der Waals surface area (Å²) in [5.41, 5.74) is 7.02. The van der Waals surface area contributed by atoms with Gasteiger partial charge in [-0.15, -0.1) is 5.11 Å². The summed E-state index contributed by atoms with van der Waals surface area (Å²) in [7, 11) is -9.07. The van der Waals surface area contributed by atoms with Crippen molar-refractivity contribution in [3.8, 4) is 6.07 Å². The van der Waals surface area contributed by atoms with E-state index in [4.69, 9.17) is 10.8 Å². The molecule has 4 rings (SSSR count). The van der Waals surface area contributed by atoms with Crippen LogP contribution in [0.1, 0.15) is 99.3 Å². The van der Waals surface area contributed by atoms with Gasteiger partial charge in [-0.1, -0.05) is 62.3 Å². The number of azo groups is 1. The van der Waals surface area contributed by atoms with Crippen LogP contribution in [0.2, 0.25) is 0 Å². The molecule has 2 aliphatic carbocycles. The van der Waals surface area contributed by atoms with Crippen molar-refractivity contribution in [2.24, 2.45) is 75.1 Å². The second kappa shape index (κ2) is 20.6. The minimum absolute atomic E-state index is 0. The van der Waals surface area contributed by atoms with Gasteiger partial charge in [-0.2, -0.15) is 14.7 Å². The third-order valence-corrected chi connectivity index (χ3v) is 15.9. The summed E-state index contributed by atoms with van der Waals surface area (Å²) in [4.78, 5) is 13.5. The second-order valence-corrected chi connectivity index (χ2v) is 21.4. The van der Waals surface area contributed by atoms with Crippen LogP contribution in [-0.4, -0.2) is 77.2 Å². The Kier molecular flexibility index (Phi) is 18.8. The van der Waals surface area contributed by atoms with Crippen molar-refractivity contribution < 1.29 is 68.5 Å². The Morgan fingerprint density at radius 2 is 1.23 bits per heavy atom. The number of carbonyl (C=O) groups is 1. The SMILES string of the molecule is Cc1nsc(N=NC2C(NC3C(C(C)C)CC(S(=O)(=O)[O-])CC3C(C)C)NC(NC3C(C(C)C)CC(S(=O)(=O)[O-])CC3C(C)C)C(C(N)=O)C2C)c1C#N.[Li+].[Li+]. The molecule has 0 spiro atoms. The summed E-state index contributed by atoms with van der Waals surface area (Å²) in [5, 5.41) is 28.6. The first kappa shape index (κ1) is 51.2. The zero-order valence-corrected chi connectivity index (χ0v) is 37.5. The predicted octanol–water partition coefficient (Wildman–Crippen LogP) is -1.80. The molecule has 1 aromatic heterocycles. The Balaban J connectivity index is 0.00000541. The maximum atomic E-state index is 13.5. The molecule has 56 heavy (non-hydrogen) atoms. The van der Waals surface area contributed by atoms with Crippen LogP contribution in [0.5, 0.6) is 0 Å². The summed E-state index contributed by atoms with van der Waals surface area (Å²) < 4.78 is 78.5. The zero-order valence-electron chi connectivity index (χ0n) is 35.1. The van der Waals surface area contributed by atoms with Crippen molar-refractivity contribution in [3.63, 3.8) is 0 Å². The van der Waals surface area contributed by atoms with Gasteiger partial charge in [0, 0.05) is 12.1 Å². The number of primary amides is 1. The third kappa shape index (κ3) is 11.7. The molecular formula is C36H60Li2N8O7S3. The van der Waals surface area contributed by atoms with Gasteiger partial charge in [0.25, 0.3) is 0 Å². The van der Waals surface area contributed by atoms with E-state index in [0.29, 0.717) is 16.3 Å². The summed E-state index contributed by atoms with van der Waals surface area (Å²) in [5.74, 6) is -2.61. The zero-order chi connectivity index (χ0) is 40.6. The first-order valence-electron chi connectivity index (χ1n) is 19.2. The van der Waals surface area contributed by atoms with E-state index in [1.807, 2.05) is 62.3 Å². The molecule has 1 aliphatic heterocycles. The molecule has 5 N–H and O–H groups in total. The smallest absolute Gasteiger partial charge is 0.748 e. The van der Waals surface area contributed by atoms with Crippen LogP contribution in [0.25, 0.3) is 0 Å². The molecule has 2 heterocycles. The van der Waals surface area contributed by atoms with Gasteiger partial charge in [0.2, 0.25) is 5.91 Å². The number of nitrogens with one attached hydrogen (secondary N) is 3. The molecule has 0 bridgehead atoms. The number of nitrogens with two attached hydrogens (primary N) is 1. The molecular weight excluding hydrogens is 767 g/mol. The first-order valence-corrected chi connectivity index (χ1v) is 22.9. The molecule has 0 aromatic carbocycles. The minimum Gasteiger partial charge on any atom is -0.748 e. The van der Waals surface area contributed by atoms with Crippen molar-refractivity contribution in [1.29, 1.82) is 5.26 Å². The molecule has 306 valence electrons. The number of aryl methyl sites for hydroxylation is 1. The van der Waals surface area contributed by atoms with Gasteiger partial charge in [0.1, 0.15) is 17.7 Å². The van der Waals surface area contributed by atoms with Crippen LogP contribution in [0.3, 0.4) is 0 Å². The minimum atomic E-state index is -4.54. The number of hydrogen-bond acceptors (Lipinski definition) is 15. The molecule has 3 fully saturated rings. The van der Waals surface area contributed by atoms with Crippen molar-refractivity contribution in [3.05, 3.63) is 11.3 Å². The molecule has 15 nitrogen and oxygen atoms in total. The van der Waals surface area contributed by atoms with E-state index in [0.717, 1.165) is 11.5 Å². The Morgan fingerprint density at radius 3 is 1.57 bits per heavy atom. The van der Waals surface area contributed by atoms with Gasteiger partial charge in [-0.25, -0.2) is 16.8 Å². The fraction of sp³-hybridized carbons (Fsp3) is 0.861. The van der Waals surface area contributed by atoms with Crippen LogP contribution >= 0.6 is 11.5 Å². The fourth-order valence-corrected chi connectivity index (χ4v) is 12.1. The molecule has 1 aromatic rings. The summed E-state index contributed by atoms with van der Waals surface area (Å²) in [6, 6.07) is 0.926. The number of piperidine rings is 1. The summed E-state index contributed by atoms with van der Waals surface area (Å²) >= 11 is 1.05. The maximum absolute atomic E-state index is 13.5. The molecule has 20 heteroatoms. The topological polar surface area (TPSA) is 255 Å². The summed E-state index contributed by atoms with van der Waals surface area (Å²) in [6.45, 7) is 19.7. The fourth-order valence-electron chi connectivity index (χ4n) is 9.54. The average Bonchev–Trinajstić information content (AvgIpc) is 3.41. The van der Waals surface area contributed by atoms with E-state index in [2.05, 4.69) is 31.5 Å². The standard InChI is InChI=1S/C36H62N8O7S3.2Li/c1-16(2)24-11-22(53(46,47)48)12-25(17(3)4)31(24)39-34-29(33(38)45)20(9)30(42-43-36-28(15-37)21(10)44-52-36)35(41-34)40-32-26(18(5)6)13-23(54(49,50)51)14-27(32)19(7)8;;/h16-20,22-27,29-32,34-35,39-41H,11-14H2,1-10H3,(H2,38,45)(H,46,47,48)(H,49,50,51);;/q;2*+1/p-2. The number of amides is 1. The molecule has 2 saturated carbocycles. The van der Waals surface area contributed by atoms with Gasteiger partial charge < -0.3 is 14.8 Å². The van der Waals surface area contributed by atoms with E-state index in [9.17, 15) is 36.0 Å². The van der Waals surface area contributed by atoms with E-state index in [1.54, 1.807) is 6.92 Å². The first-order chi connectivity index (χ1) is 25.0. The molecule has 0 radical (unpaired) electrons. The van der Waals surface area contributed by atoms with E-state index >= 15 is 0 Å². The van der Waals surface area contributed by atoms with E-state index in [-0.39, 0.29) is 123 Å². The van der Waals surface area contributed by atoms with Crippen LogP contribution in [0.4, 0.5) is 5.00 Å². The number of nitrogens with zero attached hydrogens (tertiary/aromatic N) is 4. The van der Waals surface area contributed by atoms with Crippen LogP contribution in [0.15, 0.2) is 10.2 Å². The van der Waals surface area contributed by atoms with Crippen molar-refractivity contribution in [1.82, 2.24) is 20.3 Å². The van der Waals surface area contributed by atoms with Gasteiger partial charge in [0.05, 0.1) is 54.7 Å². The number of carbonyl (C=O) groups excluding carboxylic acids is 1. The molecule has 3 aliphatic rings. The van der Waals surface area contributed by atoms with Gasteiger partial charge in [0.15, 0.2) is 5.00 Å². The molecule has 1 amide bonds. The Morgan fingerprint density at radius 1 is 0.839 bits per heavy atom. The van der Waals surface area contributed by atoms with Gasteiger partial charge in [-0.3, -0.25) is 20.7 Å². The van der Waals surface area contributed by atoms with Crippen LogP contribution < -0.4 is 59.4 Å². The predicted molar refractivity (Wildman–Crippen MR) is 205 cm³/mol. The van der Waals surface area contributed by atoms with Crippen molar-refractivity contribution >= 4 is 42.7 Å². The van der Waals surface area contributed by atoms with Crippen molar-refractivity contribution in [2.45, 2.75) is 136 Å². The van der Waals surface area contributed by atoms with Gasteiger partial charge in [-0.05, 0) is 97.4 Å². The number of nitriles is 1. The van der Waals surface area contributed by atoms with E-state index < -0.39 is 66.9 Å². The number of rotatable bonds is 13. The third-order valence-electron chi connectivity index (χ3n) is 12.7. The molecule has 9 unspecified atom stereocenters. The van der Waals surface area contributed by atoms with Crippen molar-refractivity contribution in [2.75, 3.05) is 0 Å². The Labute approximate surface area is 362 Å². The Hall–Kier alpha value is -0.915. The quantitative estimate of drug-likeness (QED) is 0.0977. The second-order valence-electron chi connectivity index (χ2n) is 17.4. The van der Waals surface area contributed by atoms with Gasteiger partial charge >= 0.3 is 37.7 Å².